The molecule has 6 amide bonds. The molecule has 0 bridgehead atoms. The molecule has 13 nitrogen and oxygen atoms in total. The Kier molecular flexibility index (Phi) is 14.4. The molecular weight excluding hydrogens is 580 g/mol. The van der Waals surface area contributed by atoms with Crippen LogP contribution in [0.5, 0.6) is 0 Å². The fourth-order valence-electron chi connectivity index (χ4n) is 5.02. The highest BCUT2D eigenvalue weighted by molar-refractivity contribution is 5.95. The SMILES string of the molecule is COCC(=O)N1CC(=O)N[C@@H](CC(C)C)C(=O)N(C)[C@@H](C)C(=O)N[C@H](C)C(=O)N[C@@H](C(C)C)C(=O)N[C@@H](Cc2ccccc2)C1. The van der Waals surface area contributed by atoms with Crippen molar-refractivity contribution in [3.05, 3.63) is 35.9 Å². The van der Waals surface area contributed by atoms with Crippen LogP contribution in [-0.4, -0.2) is 109 Å². The molecule has 0 aromatic heterocycles. The van der Waals surface area contributed by atoms with Gasteiger partial charge in [-0.25, -0.2) is 0 Å². The molecule has 0 radical (unpaired) electrons. The van der Waals surface area contributed by atoms with E-state index in [4.69, 9.17) is 4.74 Å². The van der Waals surface area contributed by atoms with Crippen LogP contribution in [-0.2, 0) is 39.9 Å². The number of likely N-dealkylation sites (N-methyl/N-ethyl adjacent to an activating group) is 1. The van der Waals surface area contributed by atoms with Gasteiger partial charge in [0.1, 0.15) is 30.8 Å². The van der Waals surface area contributed by atoms with Crippen molar-refractivity contribution < 1.29 is 33.5 Å². The van der Waals surface area contributed by atoms with Gasteiger partial charge < -0.3 is 35.8 Å². The van der Waals surface area contributed by atoms with Crippen LogP contribution in [0.15, 0.2) is 30.3 Å². The maximum atomic E-state index is 13.6. The average Bonchev–Trinajstić information content (AvgIpc) is 2.97. The molecule has 250 valence electrons. The molecule has 1 saturated heterocycles. The minimum absolute atomic E-state index is 0.0175. The minimum Gasteiger partial charge on any atom is -0.375 e. The number of carbonyl (C=O) groups is 6. The van der Waals surface area contributed by atoms with Crippen LogP contribution in [0.2, 0.25) is 0 Å². The lowest BCUT2D eigenvalue weighted by atomic mass is 10.0. The standard InChI is InChI=1S/C32H50N6O7/c1-19(2)14-25-32(44)37(7)22(6)30(42)33-21(5)29(41)36-28(20(3)4)31(43)34-24(15-23-12-10-9-11-13-23)16-38(17-26(39)35-25)27(40)18-45-8/h9-13,19-22,24-25,28H,14-18H2,1-8H3,(H,33,42)(H,34,43)(H,35,39)(H,36,41)/t21-,22+,24+,25+,28+/m1/s1. The van der Waals surface area contributed by atoms with Crippen molar-refractivity contribution in [1.29, 1.82) is 0 Å². The predicted octanol–water partition coefficient (Wildman–Crippen LogP) is 0.226. The molecule has 5 atom stereocenters. The Bertz CT molecular complexity index is 1190. The van der Waals surface area contributed by atoms with Crippen molar-refractivity contribution in [3.8, 4) is 0 Å². The first kappa shape index (κ1) is 37.2. The lowest BCUT2D eigenvalue weighted by molar-refractivity contribution is -0.144. The third-order valence-electron chi connectivity index (χ3n) is 7.71. The molecule has 4 N–H and O–H groups in total. The number of methoxy groups -OCH3 is 1. The van der Waals surface area contributed by atoms with E-state index in [0.717, 1.165) is 5.56 Å². The Balaban J connectivity index is 2.56. The molecule has 0 saturated carbocycles. The summed E-state index contributed by atoms with van der Waals surface area (Å²) in [5.74, 6) is -3.46. The van der Waals surface area contributed by atoms with Gasteiger partial charge in [-0.15, -0.1) is 0 Å². The van der Waals surface area contributed by atoms with E-state index < -0.39 is 72.2 Å². The molecule has 1 aromatic rings. The highest BCUT2D eigenvalue weighted by Gasteiger charge is 2.34. The summed E-state index contributed by atoms with van der Waals surface area (Å²) in [5.41, 5.74) is 0.884. The number of hydrogen-bond donors (Lipinski definition) is 4. The fourth-order valence-corrected chi connectivity index (χ4v) is 5.02. The number of hydrogen-bond acceptors (Lipinski definition) is 7. The van der Waals surface area contributed by atoms with Crippen molar-refractivity contribution in [3.63, 3.8) is 0 Å². The van der Waals surface area contributed by atoms with Gasteiger partial charge in [-0.1, -0.05) is 58.0 Å². The van der Waals surface area contributed by atoms with E-state index >= 15 is 0 Å². The average molecular weight is 631 g/mol. The Morgan fingerprint density at radius 1 is 0.911 bits per heavy atom. The highest BCUT2D eigenvalue weighted by atomic mass is 16.5. The number of nitrogens with one attached hydrogen (secondary N) is 4. The first-order valence-corrected chi connectivity index (χ1v) is 15.4. The van der Waals surface area contributed by atoms with Gasteiger partial charge in [0.25, 0.3) is 0 Å². The number of amides is 6. The quantitative estimate of drug-likeness (QED) is 0.335. The van der Waals surface area contributed by atoms with Crippen molar-refractivity contribution in [1.82, 2.24) is 31.1 Å². The summed E-state index contributed by atoms with van der Waals surface area (Å²) in [6.45, 7) is 9.64. The second kappa shape index (κ2) is 17.5. The van der Waals surface area contributed by atoms with E-state index in [1.54, 1.807) is 13.8 Å². The minimum atomic E-state index is -1.01. The van der Waals surface area contributed by atoms with Crippen molar-refractivity contribution >= 4 is 35.4 Å². The largest absolute Gasteiger partial charge is 0.375 e. The van der Waals surface area contributed by atoms with Crippen LogP contribution in [0.3, 0.4) is 0 Å². The molecule has 1 heterocycles. The summed E-state index contributed by atoms with van der Waals surface area (Å²) in [4.78, 5) is 82.5. The third kappa shape index (κ3) is 11.5. The summed E-state index contributed by atoms with van der Waals surface area (Å²) in [6.07, 6.45) is 0.616. The molecule has 2 rings (SSSR count). The Hall–Kier alpha value is -4.00. The number of ether oxygens (including phenoxy) is 1. The fraction of sp³-hybridized carbons (Fsp3) is 0.625. The molecule has 13 heteroatoms. The molecule has 45 heavy (non-hydrogen) atoms. The maximum absolute atomic E-state index is 13.6. The first-order valence-electron chi connectivity index (χ1n) is 15.4. The van der Waals surface area contributed by atoms with E-state index in [0.29, 0.717) is 6.42 Å². The smallest absolute Gasteiger partial charge is 0.249 e. The second-order valence-corrected chi connectivity index (χ2v) is 12.4. The Morgan fingerprint density at radius 3 is 2.13 bits per heavy atom. The van der Waals surface area contributed by atoms with Crippen molar-refractivity contribution in [2.45, 2.75) is 84.6 Å². The summed E-state index contributed by atoms with van der Waals surface area (Å²) in [7, 11) is 2.82. The van der Waals surface area contributed by atoms with Gasteiger partial charge in [-0.2, -0.15) is 0 Å². The van der Waals surface area contributed by atoms with Gasteiger partial charge in [0.05, 0.1) is 12.6 Å². The van der Waals surface area contributed by atoms with Gasteiger partial charge in [-0.05, 0) is 44.1 Å². The normalized spacial score (nSPS) is 24.8. The summed E-state index contributed by atoms with van der Waals surface area (Å²) in [6, 6.07) is 4.79. The summed E-state index contributed by atoms with van der Waals surface area (Å²) < 4.78 is 5.07. The van der Waals surface area contributed by atoms with Gasteiger partial charge in [0.2, 0.25) is 35.4 Å². The van der Waals surface area contributed by atoms with E-state index in [9.17, 15) is 28.8 Å². The predicted molar refractivity (Wildman–Crippen MR) is 169 cm³/mol. The molecule has 0 spiro atoms. The highest BCUT2D eigenvalue weighted by Crippen LogP contribution is 2.12. The molecule has 0 unspecified atom stereocenters. The number of rotatable bonds is 7. The molecule has 1 aliphatic heterocycles. The first-order chi connectivity index (χ1) is 21.1. The molecule has 0 aliphatic carbocycles. The lowest BCUT2D eigenvalue weighted by Gasteiger charge is -2.33. The third-order valence-corrected chi connectivity index (χ3v) is 7.71. The number of nitrogens with zero attached hydrogens (tertiary/aromatic N) is 2. The number of benzene rings is 1. The van der Waals surface area contributed by atoms with Crippen LogP contribution in [0.1, 0.15) is 53.5 Å². The molecular formula is C32H50N6O7. The zero-order valence-corrected chi connectivity index (χ0v) is 27.7. The van der Waals surface area contributed by atoms with Gasteiger partial charge in [-0.3, -0.25) is 28.8 Å². The maximum Gasteiger partial charge on any atom is 0.249 e. The van der Waals surface area contributed by atoms with E-state index in [-0.39, 0.29) is 31.4 Å². The van der Waals surface area contributed by atoms with Crippen molar-refractivity contribution in [2.75, 3.05) is 33.9 Å². The van der Waals surface area contributed by atoms with E-state index in [1.165, 1.54) is 37.8 Å². The van der Waals surface area contributed by atoms with Gasteiger partial charge in [0.15, 0.2) is 0 Å². The Labute approximate surface area is 266 Å². The van der Waals surface area contributed by atoms with Crippen LogP contribution >= 0.6 is 0 Å². The zero-order valence-electron chi connectivity index (χ0n) is 27.7. The van der Waals surface area contributed by atoms with Crippen LogP contribution in [0, 0.1) is 11.8 Å². The van der Waals surface area contributed by atoms with Crippen LogP contribution in [0.25, 0.3) is 0 Å². The van der Waals surface area contributed by atoms with Crippen LogP contribution in [0.4, 0.5) is 0 Å². The van der Waals surface area contributed by atoms with E-state index in [1.807, 2.05) is 44.2 Å². The summed E-state index contributed by atoms with van der Waals surface area (Å²) >= 11 is 0. The topological polar surface area (TPSA) is 166 Å². The number of carbonyl (C=O) groups excluding carboxylic acids is 6. The zero-order chi connectivity index (χ0) is 33.8. The molecule has 1 aliphatic rings. The summed E-state index contributed by atoms with van der Waals surface area (Å²) in [5, 5.41) is 11.1. The molecule has 1 aromatic carbocycles. The van der Waals surface area contributed by atoms with Gasteiger partial charge in [0, 0.05) is 20.7 Å². The van der Waals surface area contributed by atoms with Gasteiger partial charge >= 0.3 is 0 Å². The second-order valence-electron chi connectivity index (χ2n) is 12.4. The Morgan fingerprint density at radius 2 is 1.56 bits per heavy atom. The van der Waals surface area contributed by atoms with Crippen LogP contribution < -0.4 is 21.3 Å². The lowest BCUT2D eigenvalue weighted by Crippen LogP contribution is -2.60. The van der Waals surface area contributed by atoms with E-state index in [2.05, 4.69) is 21.3 Å². The monoisotopic (exact) mass is 630 g/mol. The molecule has 1 fully saturated rings. The van der Waals surface area contributed by atoms with Crippen molar-refractivity contribution in [2.24, 2.45) is 11.8 Å².